The van der Waals surface area contributed by atoms with E-state index in [1.165, 1.54) is 5.32 Å². The highest BCUT2D eigenvalue weighted by atomic mass is 19.4. The minimum Gasteiger partial charge on any atom is -0.383 e. The van der Waals surface area contributed by atoms with Crippen LogP contribution < -0.4 is 21.3 Å². The van der Waals surface area contributed by atoms with Gasteiger partial charge in [0.25, 0.3) is 5.91 Å². The van der Waals surface area contributed by atoms with Crippen molar-refractivity contribution in [1.29, 1.82) is 0 Å². The van der Waals surface area contributed by atoms with Crippen LogP contribution in [0.15, 0.2) is 24.4 Å². The fourth-order valence-electron chi connectivity index (χ4n) is 3.20. The number of hydrogen-bond donors (Lipinski definition) is 3. The minimum absolute atomic E-state index is 0.0372. The van der Waals surface area contributed by atoms with Crippen molar-refractivity contribution >= 4 is 23.7 Å². The molecule has 1 saturated heterocycles. The number of amides is 3. The lowest BCUT2D eigenvalue weighted by molar-refractivity contribution is -0.156. The fourth-order valence-corrected chi connectivity index (χ4v) is 3.20. The lowest BCUT2D eigenvalue weighted by Crippen LogP contribution is -2.39. The highest BCUT2D eigenvalue weighted by Gasteiger charge is 2.45. The van der Waals surface area contributed by atoms with E-state index in [2.05, 4.69) is 15.3 Å². The third-order valence-electron chi connectivity index (χ3n) is 4.77. The van der Waals surface area contributed by atoms with Crippen LogP contribution in [0.3, 0.4) is 0 Å². The van der Waals surface area contributed by atoms with Gasteiger partial charge in [0.15, 0.2) is 6.04 Å². The lowest BCUT2D eigenvalue weighted by atomic mass is 10.0. The van der Waals surface area contributed by atoms with E-state index in [-0.39, 0.29) is 30.7 Å². The van der Waals surface area contributed by atoms with Crippen molar-refractivity contribution in [2.45, 2.75) is 37.8 Å². The van der Waals surface area contributed by atoms with Crippen molar-refractivity contribution < 1.29 is 40.3 Å². The molecule has 0 aliphatic carbocycles. The smallest absolute Gasteiger partial charge is 0.383 e. The van der Waals surface area contributed by atoms with Gasteiger partial charge in [0.05, 0.1) is 23.2 Å². The molecule has 184 valence electrons. The number of hydrogen-bond acceptors (Lipinski definition) is 5. The van der Waals surface area contributed by atoms with Crippen molar-refractivity contribution in [3.63, 3.8) is 0 Å². The molecule has 1 aromatic carbocycles. The number of nitrogen functional groups attached to an aromatic ring is 1. The largest absolute Gasteiger partial charge is 0.416 e. The molecular formula is C19H17F7N6O2. The first-order chi connectivity index (χ1) is 15.5. The summed E-state index contributed by atoms with van der Waals surface area (Å²) in [7, 11) is 0. The van der Waals surface area contributed by atoms with Gasteiger partial charge in [-0.2, -0.15) is 31.3 Å². The average molecular weight is 494 g/mol. The van der Waals surface area contributed by atoms with E-state index in [0.29, 0.717) is 0 Å². The Kier molecular flexibility index (Phi) is 6.09. The number of carbonyl (C=O) groups is 2. The Morgan fingerprint density at radius 2 is 1.88 bits per heavy atom. The summed E-state index contributed by atoms with van der Waals surface area (Å²) < 4.78 is 93.7. The summed E-state index contributed by atoms with van der Waals surface area (Å²) in [6.45, 7) is 3.54. The van der Waals surface area contributed by atoms with E-state index < -0.39 is 64.2 Å². The molecule has 8 nitrogen and oxygen atoms in total. The molecule has 0 radical (unpaired) electrons. The van der Waals surface area contributed by atoms with Gasteiger partial charge in [0, 0.05) is 11.8 Å². The Morgan fingerprint density at radius 3 is 2.38 bits per heavy atom. The summed E-state index contributed by atoms with van der Waals surface area (Å²) in [5.41, 5.74) is 1.38. The van der Waals surface area contributed by atoms with Gasteiger partial charge in [-0.3, -0.25) is 9.69 Å². The maximum Gasteiger partial charge on any atom is 0.416 e. The molecule has 0 bridgehead atoms. The van der Waals surface area contributed by atoms with Crippen molar-refractivity contribution in [2.24, 2.45) is 0 Å². The number of anilines is 2. The number of aromatic nitrogens is 2. The number of carbonyl (C=O) groups excluding carboxylic acids is 2. The predicted octanol–water partition coefficient (Wildman–Crippen LogP) is 3.56. The fraction of sp³-hybridized carbons (Fsp3) is 0.368. The van der Waals surface area contributed by atoms with Crippen molar-refractivity contribution in [3.8, 4) is 0 Å². The first-order valence-corrected chi connectivity index (χ1v) is 9.46. The normalized spacial score (nSPS) is 16.9. The second kappa shape index (κ2) is 8.29. The number of nitrogens with two attached hydrogens (primary N) is 1. The zero-order valence-corrected chi connectivity index (χ0v) is 17.5. The van der Waals surface area contributed by atoms with Crippen LogP contribution in [0.5, 0.6) is 0 Å². The number of nitrogens with zero attached hydrogens (tertiary/aromatic N) is 3. The molecule has 1 aliphatic rings. The molecule has 0 saturated carbocycles. The molecule has 34 heavy (non-hydrogen) atoms. The van der Waals surface area contributed by atoms with Crippen molar-refractivity contribution in [3.05, 3.63) is 46.9 Å². The molecule has 3 rings (SSSR count). The first-order valence-electron chi connectivity index (χ1n) is 9.46. The summed E-state index contributed by atoms with van der Waals surface area (Å²) in [5, 5.41) is 4.06. The van der Waals surface area contributed by atoms with Gasteiger partial charge in [-0.25, -0.2) is 14.2 Å². The molecular weight excluding hydrogens is 477 g/mol. The summed E-state index contributed by atoms with van der Waals surface area (Å²) in [4.78, 5) is 33.1. The number of rotatable bonds is 4. The second-order valence-corrected chi connectivity index (χ2v) is 8.05. The van der Waals surface area contributed by atoms with Gasteiger partial charge < -0.3 is 16.4 Å². The Balaban J connectivity index is 1.91. The SMILES string of the molecule is CC1(C)CN(c2ncc(C(=O)NC(c3cc(C(F)(F)F)ccc3F)C(F)(F)F)c(N)n2)C(=O)N1. The quantitative estimate of drug-likeness (QED) is 0.563. The molecule has 3 amide bonds. The molecule has 2 aromatic rings. The Bertz CT molecular complexity index is 1130. The molecule has 0 spiro atoms. The Labute approximate surface area is 187 Å². The predicted molar refractivity (Wildman–Crippen MR) is 104 cm³/mol. The maximum absolute atomic E-state index is 14.1. The topological polar surface area (TPSA) is 113 Å². The number of nitrogens with one attached hydrogen (secondary N) is 2. The Hall–Kier alpha value is -3.65. The summed E-state index contributed by atoms with van der Waals surface area (Å²) in [6, 6.07) is -3.25. The van der Waals surface area contributed by atoms with E-state index in [1.807, 2.05) is 0 Å². The van der Waals surface area contributed by atoms with E-state index in [4.69, 9.17) is 5.73 Å². The van der Waals surface area contributed by atoms with E-state index in [9.17, 15) is 40.3 Å². The van der Waals surface area contributed by atoms with Gasteiger partial charge in [-0.15, -0.1) is 0 Å². The maximum atomic E-state index is 14.1. The number of urea groups is 1. The third kappa shape index (κ3) is 5.12. The molecule has 1 atom stereocenters. The molecule has 1 fully saturated rings. The molecule has 4 N–H and O–H groups in total. The van der Waals surface area contributed by atoms with Gasteiger partial charge >= 0.3 is 18.4 Å². The zero-order valence-electron chi connectivity index (χ0n) is 17.5. The van der Waals surface area contributed by atoms with E-state index in [1.54, 1.807) is 13.8 Å². The van der Waals surface area contributed by atoms with E-state index in [0.717, 1.165) is 11.1 Å². The van der Waals surface area contributed by atoms with Crippen molar-refractivity contribution in [1.82, 2.24) is 20.6 Å². The summed E-state index contributed by atoms with van der Waals surface area (Å²) in [6.07, 6.45) is -9.66. The number of benzene rings is 1. The molecule has 1 unspecified atom stereocenters. The standard InChI is InChI=1S/C19H17F7N6O2/c1-17(2)7-32(16(34)31-17)15-28-6-10(13(27)30-15)14(33)29-12(19(24,25)26)9-5-8(18(21,22)23)3-4-11(9)20/h3-6,12H,7H2,1-2H3,(H,29,33)(H,31,34)(H2,27,28,30). The van der Waals surface area contributed by atoms with Crippen LogP contribution in [0.2, 0.25) is 0 Å². The minimum atomic E-state index is -5.37. The molecule has 15 heteroatoms. The summed E-state index contributed by atoms with van der Waals surface area (Å²) in [5.74, 6) is -3.97. The van der Waals surface area contributed by atoms with Gasteiger partial charge in [-0.05, 0) is 32.0 Å². The average Bonchev–Trinajstić information content (AvgIpc) is 2.97. The van der Waals surface area contributed by atoms with Crippen LogP contribution in [0.1, 0.15) is 41.4 Å². The van der Waals surface area contributed by atoms with Crippen molar-refractivity contribution in [2.75, 3.05) is 17.2 Å². The number of halogens is 7. The highest BCUT2D eigenvalue weighted by molar-refractivity contribution is 5.99. The van der Waals surface area contributed by atoms with Crippen LogP contribution >= 0.6 is 0 Å². The number of alkyl halides is 6. The van der Waals surface area contributed by atoms with Crippen LogP contribution in [0.4, 0.5) is 47.3 Å². The third-order valence-corrected chi connectivity index (χ3v) is 4.77. The highest BCUT2D eigenvalue weighted by Crippen LogP contribution is 2.38. The molecule has 1 aromatic heterocycles. The van der Waals surface area contributed by atoms with Gasteiger partial charge in [0.1, 0.15) is 11.6 Å². The first kappa shape index (κ1) is 25.0. The van der Waals surface area contributed by atoms with E-state index >= 15 is 0 Å². The second-order valence-electron chi connectivity index (χ2n) is 8.05. The van der Waals surface area contributed by atoms with Crippen LogP contribution in [0, 0.1) is 5.82 Å². The monoisotopic (exact) mass is 494 g/mol. The van der Waals surface area contributed by atoms with Gasteiger partial charge in [-0.1, -0.05) is 0 Å². The molecule has 2 heterocycles. The van der Waals surface area contributed by atoms with Crippen LogP contribution in [-0.2, 0) is 6.18 Å². The Morgan fingerprint density at radius 1 is 1.24 bits per heavy atom. The lowest BCUT2D eigenvalue weighted by Gasteiger charge is -2.23. The zero-order chi connectivity index (χ0) is 25.6. The van der Waals surface area contributed by atoms with Crippen LogP contribution in [-0.4, -0.2) is 40.2 Å². The molecule has 1 aliphatic heterocycles. The van der Waals surface area contributed by atoms with Gasteiger partial charge in [0.2, 0.25) is 5.95 Å². The van der Waals surface area contributed by atoms with Crippen LogP contribution in [0.25, 0.3) is 0 Å². The summed E-state index contributed by atoms with van der Waals surface area (Å²) >= 11 is 0.